The zero-order valence-electron chi connectivity index (χ0n) is 16.8. The first kappa shape index (κ1) is 23.6. The Morgan fingerprint density at radius 2 is 1.84 bits per heavy atom. The van der Waals surface area contributed by atoms with E-state index in [1.54, 1.807) is 17.0 Å². The second kappa shape index (κ2) is 9.63. The third-order valence-electron chi connectivity index (χ3n) is 5.40. The van der Waals surface area contributed by atoms with E-state index in [1.807, 2.05) is 0 Å². The average molecular weight is 459 g/mol. The quantitative estimate of drug-likeness (QED) is 0.300. The van der Waals surface area contributed by atoms with Crippen LogP contribution in [0.15, 0.2) is 18.2 Å². The number of carbonyl (C=O) groups excluding carboxylic acids is 4. The lowest BCUT2D eigenvalue weighted by Gasteiger charge is -2.31. The van der Waals surface area contributed by atoms with Gasteiger partial charge >= 0.3 is 18.1 Å². The molecular formula is C20H21F4N3O5. The van der Waals surface area contributed by atoms with Gasteiger partial charge in [-0.1, -0.05) is 6.07 Å². The van der Waals surface area contributed by atoms with E-state index in [0.29, 0.717) is 43.6 Å². The molecule has 2 N–H and O–H groups in total. The van der Waals surface area contributed by atoms with E-state index in [2.05, 4.69) is 15.4 Å². The molecule has 0 saturated carbocycles. The first-order valence-corrected chi connectivity index (χ1v) is 9.97. The molecule has 0 radical (unpaired) electrons. The highest BCUT2D eigenvalue weighted by Gasteiger charge is 2.42. The zero-order valence-corrected chi connectivity index (χ0v) is 16.8. The van der Waals surface area contributed by atoms with E-state index in [-0.39, 0.29) is 18.2 Å². The van der Waals surface area contributed by atoms with Crippen LogP contribution in [-0.4, -0.2) is 60.5 Å². The van der Waals surface area contributed by atoms with Crippen molar-refractivity contribution in [1.82, 2.24) is 10.2 Å². The average Bonchev–Trinajstić information content (AvgIpc) is 2.70. The summed E-state index contributed by atoms with van der Waals surface area (Å²) in [6, 6.07) is 3.87. The largest absolute Gasteiger partial charge is 0.491 e. The number of hydrogen-bond acceptors (Lipinski definition) is 7. The molecule has 2 saturated heterocycles. The van der Waals surface area contributed by atoms with E-state index in [0.717, 1.165) is 0 Å². The maximum Gasteiger partial charge on any atom is 0.491 e. The van der Waals surface area contributed by atoms with Gasteiger partial charge < -0.3 is 10.1 Å². The van der Waals surface area contributed by atoms with Gasteiger partial charge in [0.05, 0.1) is 6.54 Å². The lowest BCUT2D eigenvalue weighted by atomic mass is 9.89. The molecule has 32 heavy (non-hydrogen) atoms. The van der Waals surface area contributed by atoms with Gasteiger partial charge in [-0.3, -0.25) is 24.6 Å². The van der Waals surface area contributed by atoms with Gasteiger partial charge in [0.25, 0.3) is 0 Å². The van der Waals surface area contributed by atoms with Crippen molar-refractivity contribution in [1.29, 1.82) is 0 Å². The number of amides is 2. The Bertz CT molecular complexity index is 913. The van der Waals surface area contributed by atoms with Crippen molar-refractivity contribution in [2.45, 2.75) is 43.8 Å². The van der Waals surface area contributed by atoms with Crippen LogP contribution in [0.1, 0.15) is 37.2 Å². The molecule has 2 heterocycles. The minimum atomic E-state index is -5.24. The number of ether oxygens (including phenoxy) is 1. The van der Waals surface area contributed by atoms with Gasteiger partial charge in [0.2, 0.25) is 11.8 Å². The molecule has 0 bridgehead atoms. The zero-order chi connectivity index (χ0) is 23.5. The van der Waals surface area contributed by atoms with Crippen molar-refractivity contribution < 1.29 is 41.5 Å². The van der Waals surface area contributed by atoms with Crippen LogP contribution in [0.3, 0.4) is 0 Å². The van der Waals surface area contributed by atoms with Crippen LogP contribution in [0.2, 0.25) is 0 Å². The van der Waals surface area contributed by atoms with E-state index < -0.39 is 42.4 Å². The molecule has 2 fully saturated rings. The number of halogens is 4. The molecular weight excluding hydrogens is 438 g/mol. The van der Waals surface area contributed by atoms with Crippen molar-refractivity contribution in [2.24, 2.45) is 0 Å². The number of hydrogen-bond donors (Lipinski definition) is 2. The molecule has 2 aliphatic rings. The Labute approximate surface area is 180 Å². The molecule has 0 spiro atoms. The SMILES string of the molecule is O=C1CC[C@H](Nc2ccc(C3CCN(CC(=O)OC(=O)C(F)(F)F)CC3)c(F)c2)C(=O)N1. The van der Waals surface area contributed by atoms with Gasteiger partial charge in [-0.15, -0.1) is 0 Å². The summed E-state index contributed by atoms with van der Waals surface area (Å²) in [5, 5.41) is 5.12. The van der Waals surface area contributed by atoms with Gasteiger partial charge in [-0.05, 0) is 56.0 Å². The summed E-state index contributed by atoms with van der Waals surface area (Å²) < 4.78 is 54.9. The third kappa shape index (κ3) is 6.02. The minimum Gasteiger partial charge on any atom is -0.385 e. The summed E-state index contributed by atoms with van der Waals surface area (Å²) in [4.78, 5) is 46.8. The van der Waals surface area contributed by atoms with Crippen LogP contribution in [0.5, 0.6) is 0 Å². The number of benzene rings is 1. The Balaban J connectivity index is 1.51. The van der Waals surface area contributed by atoms with Crippen LogP contribution in [0.4, 0.5) is 23.2 Å². The number of esters is 2. The monoisotopic (exact) mass is 459 g/mol. The van der Waals surface area contributed by atoms with Gasteiger partial charge in [-0.25, -0.2) is 9.18 Å². The number of alkyl halides is 3. The van der Waals surface area contributed by atoms with Gasteiger partial charge in [-0.2, -0.15) is 13.2 Å². The minimum absolute atomic E-state index is 0.163. The first-order valence-electron chi connectivity index (χ1n) is 9.97. The summed E-state index contributed by atoms with van der Waals surface area (Å²) in [6.45, 7) is 0.164. The molecule has 1 aromatic carbocycles. The number of nitrogens with zero attached hydrogens (tertiary/aromatic N) is 1. The Morgan fingerprint density at radius 1 is 1.16 bits per heavy atom. The summed E-state index contributed by atoms with van der Waals surface area (Å²) in [5.74, 6) is -5.29. The Kier molecular flexibility index (Phi) is 7.12. The number of carbonyl (C=O) groups is 4. The molecule has 2 aliphatic heterocycles. The van der Waals surface area contributed by atoms with Crippen LogP contribution >= 0.6 is 0 Å². The van der Waals surface area contributed by atoms with E-state index >= 15 is 0 Å². The maximum absolute atomic E-state index is 14.7. The van der Waals surface area contributed by atoms with Crippen molar-refractivity contribution in [3.05, 3.63) is 29.6 Å². The number of imide groups is 1. The lowest BCUT2D eigenvalue weighted by molar-refractivity contribution is -0.202. The fraction of sp³-hybridized carbons (Fsp3) is 0.500. The normalized spacial score (nSPS) is 20.6. The highest BCUT2D eigenvalue weighted by molar-refractivity contribution is 6.01. The number of nitrogens with one attached hydrogen (secondary N) is 2. The molecule has 2 amide bonds. The predicted molar refractivity (Wildman–Crippen MR) is 102 cm³/mol. The number of anilines is 1. The second-order valence-corrected chi connectivity index (χ2v) is 7.69. The number of likely N-dealkylation sites (tertiary alicyclic amines) is 1. The highest BCUT2D eigenvalue weighted by atomic mass is 19.4. The summed E-state index contributed by atoms with van der Waals surface area (Å²) >= 11 is 0. The summed E-state index contributed by atoms with van der Waals surface area (Å²) in [6.07, 6.45) is -3.82. The highest BCUT2D eigenvalue weighted by Crippen LogP contribution is 2.31. The van der Waals surface area contributed by atoms with Crippen molar-refractivity contribution >= 4 is 29.4 Å². The summed E-state index contributed by atoms with van der Waals surface area (Å²) in [7, 11) is 0. The predicted octanol–water partition coefficient (Wildman–Crippen LogP) is 1.85. The van der Waals surface area contributed by atoms with E-state index in [1.165, 1.54) is 6.07 Å². The molecule has 1 atom stereocenters. The van der Waals surface area contributed by atoms with Crippen LogP contribution in [-0.2, 0) is 23.9 Å². The van der Waals surface area contributed by atoms with Crippen molar-refractivity contribution in [3.63, 3.8) is 0 Å². The van der Waals surface area contributed by atoms with Gasteiger partial charge in [0.1, 0.15) is 11.9 Å². The van der Waals surface area contributed by atoms with Crippen molar-refractivity contribution in [3.8, 4) is 0 Å². The first-order chi connectivity index (χ1) is 15.0. The molecule has 174 valence electrons. The fourth-order valence-electron chi connectivity index (χ4n) is 3.76. The number of rotatable bonds is 5. The van der Waals surface area contributed by atoms with Crippen LogP contribution in [0.25, 0.3) is 0 Å². The van der Waals surface area contributed by atoms with Crippen LogP contribution < -0.4 is 10.6 Å². The number of piperidine rings is 2. The van der Waals surface area contributed by atoms with Gasteiger partial charge in [0.15, 0.2) is 0 Å². The van der Waals surface area contributed by atoms with Crippen LogP contribution in [0, 0.1) is 5.82 Å². The Morgan fingerprint density at radius 3 is 2.44 bits per heavy atom. The maximum atomic E-state index is 14.7. The molecule has 0 aromatic heterocycles. The molecule has 12 heteroatoms. The Hall–Kier alpha value is -3.02. The smallest absolute Gasteiger partial charge is 0.385 e. The van der Waals surface area contributed by atoms with Gasteiger partial charge in [0, 0.05) is 12.1 Å². The molecule has 3 rings (SSSR count). The van der Waals surface area contributed by atoms with E-state index in [4.69, 9.17) is 0 Å². The topological polar surface area (TPSA) is 105 Å². The molecule has 0 aliphatic carbocycles. The molecule has 0 unspecified atom stereocenters. The standard InChI is InChI=1S/C20H21F4N3O5/c21-14-9-12(25-15-3-4-16(28)26-18(15)30)1-2-13(14)11-5-7-27(8-6-11)10-17(29)32-19(31)20(22,23)24/h1-2,9,11,15,25H,3-8,10H2,(H,26,28,30)/t15-/m0/s1. The second-order valence-electron chi connectivity index (χ2n) is 7.69. The van der Waals surface area contributed by atoms with E-state index in [9.17, 15) is 36.7 Å². The van der Waals surface area contributed by atoms with Crippen molar-refractivity contribution in [2.75, 3.05) is 25.0 Å². The fourth-order valence-corrected chi connectivity index (χ4v) is 3.76. The summed E-state index contributed by atoms with van der Waals surface area (Å²) in [5.41, 5.74) is 0.851. The molecule has 1 aromatic rings. The lowest BCUT2D eigenvalue weighted by Crippen LogP contribution is -2.47. The third-order valence-corrected chi connectivity index (χ3v) is 5.40. The molecule has 8 nitrogen and oxygen atoms in total.